The van der Waals surface area contributed by atoms with Crippen LogP contribution < -0.4 is 4.90 Å². The standard InChI is InChI=1S/C14H16ClN3S.ClH/c1-10-8-13(18(2)3)17-14(16-10)19-9-11-6-4-5-7-12(11)15;/h4-8H,9H2,1-3H3;1H. The summed E-state index contributed by atoms with van der Waals surface area (Å²) in [6, 6.07) is 9.82. The number of rotatable bonds is 4. The maximum absolute atomic E-state index is 6.14. The fourth-order valence-electron chi connectivity index (χ4n) is 1.58. The number of aryl methyl sites for hydroxylation is 1. The first-order chi connectivity index (χ1) is 9.06. The Balaban J connectivity index is 0.00000200. The summed E-state index contributed by atoms with van der Waals surface area (Å²) in [5.74, 6) is 1.70. The zero-order chi connectivity index (χ0) is 13.8. The Morgan fingerprint density at radius 1 is 1.20 bits per heavy atom. The Morgan fingerprint density at radius 2 is 1.90 bits per heavy atom. The molecule has 0 saturated heterocycles. The lowest BCUT2D eigenvalue weighted by atomic mass is 10.2. The molecule has 0 spiro atoms. The normalized spacial score (nSPS) is 10.0. The van der Waals surface area contributed by atoms with Crippen LogP contribution in [0.5, 0.6) is 0 Å². The van der Waals surface area contributed by atoms with Gasteiger partial charge in [-0.15, -0.1) is 12.4 Å². The van der Waals surface area contributed by atoms with Crippen LogP contribution in [0.2, 0.25) is 5.02 Å². The van der Waals surface area contributed by atoms with Gasteiger partial charge in [0, 0.05) is 36.6 Å². The van der Waals surface area contributed by atoms with E-state index < -0.39 is 0 Å². The molecule has 0 bridgehead atoms. The lowest BCUT2D eigenvalue weighted by molar-refractivity contribution is 0.902. The summed E-state index contributed by atoms with van der Waals surface area (Å²) in [6.45, 7) is 1.98. The molecule has 0 aliphatic heterocycles. The zero-order valence-electron chi connectivity index (χ0n) is 11.6. The number of anilines is 1. The molecular formula is C14H17Cl2N3S. The van der Waals surface area contributed by atoms with Gasteiger partial charge in [-0.1, -0.05) is 41.6 Å². The maximum Gasteiger partial charge on any atom is 0.190 e. The highest BCUT2D eigenvalue weighted by atomic mass is 35.5. The Bertz CT molecular complexity index is 576. The van der Waals surface area contributed by atoms with Gasteiger partial charge in [-0.25, -0.2) is 9.97 Å². The minimum Gasteiger partial charge on any atom is -0.363 e. The highest BCUT2D eigenvalue weighted by Gasteiger charge is 2.06. The molecule has 20 heavy (non-hydrogen) atoms. The van der Waals surface area contributed by atoms with Crippen molar-refractivity contribution >= 4 is 41.6 Å². The molecule has 0 N–H and O–H groups in total. The Labute approximate surface area is 135 Å². The molecule has 1 aromatic carbocycles. The van der Waals surface area contributed by atoms with Gasteiger partial charge in [-0.3, -0.25) is 0 Å². The molecule has 0 atom stereocenters. The molecular weight excluding hydrogens is 313 g/mol. The average Bonchev–Trinajstić information content (AvgIpc) is 2.37. The molecule has 0 saturated carbocycles. The highest BCUT2D eigenvalue weighted by Crippen LogP contribution is 2.25. The van der Waals surface area contributed by atoms with Gasteiger partial charge < -0.3 is 4.90 Å². The third kappa shape index (κ3) is 4.54. The molecule has 0 aliphatic rings. The van der Waals surface area contributed by atoms with Crippen LogP contribution in [0.1, 0.15) is 11.3 Å². The van der Waals surface area contributed by atoms with Crippen LogP contribution in [-0.4, -0.2) is 24.1 Å². The predicted octanol–water partition coefficient (Wildman–Crippen LogP) is 4.22. The van der Waals surface area contributed by atoms with Crippen LogP contribution in [0.4, 0.5) is 5.82 Å². The second kappa shape index (κ2) is 7.72. The highest BCUT2D eigenvalue weighted by molar-refractivity contribution is 7.98. The van der Waals surface area contributed by atoms with E-state index in [-0.39, 0.29) is 12.4 Å². The van der Waals surface area contributed by atoms with E-state index in [9.17, 15) is 0 Å². The quantitative estimate of drug-likeness (QED) is 0.620. The summed E-state index contributed by atoms with van der Waals surface area (Å²) in [5, 5.41) is 1.57. The van der Waals surface area contributed by atoms with Crippen molar-refractivity contribution < 1.29 is 0 Å². The summed E-state index contributed by atoms with van der Waals surface area (Å²) in [6.07, 6.45) is 0. The van der Waals surface area contributed by atoms with Gasteiger partial charge >= 0.3 is 0 Å². The first-order valence-corrected chi connectivity index (χ1v) is 7.32. The van der Waals surface area contributed by atoms with Crippen molar-refractivity contribution in [2.75, 3.05) is 19.0 Å². The van der Waals surface area contributed by atoms with Crippen molar-refractivity contribution in [2.45, 2.75) is 17.8 Å². The van der Waals surface area contributed by atoms with E-state index in [2.05, 4.69) is 9.97 Å². The molecule has 0 aliphatic carbocycles. The van der Waals surface area contributed by atoms with Crippen molar-refractivity contribution in [1.29, 1.82) is 0 Å². The monoisotopic (exact) mass is 329 g/mol. The number of hydrogen-bond donors (Lipinski definition) is 0. The fraction of sp³-hybridized carbons (Fsp3) is 0.286. The van der Waals surface area contributed by atoms with Gasteiger partial charge in [-0.2, -0.15) is 0 Å². The van der Waals surface area contributed by atoms with E-state index in [0.717, 1.165) is 33.0 Å². The second-order valence-corrected chi connectivity index (χ2v) is 5.77. The molecule has 0 fully saturated rings. The van der Waals surface area contributed by atoms with E-state index >= 15 is 0 Å². The topological polar surface area (TPSA) is 29.0 Å². The van der Waals surface area contributed by atoms with Gasteiger partial charge in [0.2, 0.25) is 0 Å². The van der Waals surface area contributed by atoms with Gasteiger partial charge in [-0.05, 0) is 18.6 Å². The zero-order valence-corrected chi connectivity index (χ0v) is 14.0. The first kappa shape index (κ1) is 17.1. The maximum atomic E-state index is 6.14. The summed E-state index contributed by atoms with van der Waals surface area (Å²) in [4.78, 5) is 10.9. The average molecular weight is 330 g/mol. The molecule has 1 aromatic heterocycles. The van der Waals surface area contributed by atoms with E-state index in [4.69, 9.17) is 11.6 Å². The van der Waals surface area contributed by atoms with Crippen molar-refractivity contribution in [3.05, 3.63) is 46.6 Å². The first-order valence-electron chi connectivity index (χ1n) is 5.95. The van der Waals surface area contributed by atoms with Crippen LogP contribution in [0.3, 0.4) is 0 Å². The second-order valence-electron chi connectivity index (χ2n) is 4.42. The minimum absolute atomic E-state index is 0. The number of halogens is 2. The number of aromatic nitrogens is 2. The predicted molar refractivity (Wildman–Crippen MR) is 89.4 cm³/mol. The third-order valence-corrected chi connectivity index (χ3v) is 3.86. The van der Waals surface area contributed by atoms with Crippen molar-refractivity contribution in [3.63, 3.8) is 0 Å². The molecule has 0 radical (unpaired) electrons. The number of thioether (sulfide) groups is 1. The lowest BCUT2D eigenvalue weighted by Crippen LogP contribution is -2.11. The van der Waals surface area contributed by atoms with Gasteiger partial charge in [0.25, 0.3) is 0 Å². The lowest BCUT2D eigenvalue weighted by Gasteiger charge is -2.12. The Kier molecular flexibility index (Phi) is 6.59. The largest absolute Gasteiger partial charge is 0.363 e. The van der Waals surface area contributed by atoms with E-state index in [1.54, 1.807) is 11.8 Å². The third-order valence-electron chi connectivity index (χ3n) is 2.59. The van der Waals surface area contributed by atoms with Gasteiger partial charge in [0.15, 0.2) is 5.16 Å². The molecule has 0 amide bonds. The minimum atomic E-state index is 0. The summed E-state index contributed by atoms with van der Waals surface area (Å²) in [5.41, 5.74) is 2.08. The van der Waals surface area contributed by atoms with Crippen molar-refractivity contribution in [1.82, 2.24) is 9.97 Å². The Morgan fingerprint density at radius 3 is 2.55 bits per heavy atom. The molecule has 2 aromatic rings. The van der Waals surface area contributed by atoms with Gasteiger partial charge in [0.05, 0.1) is 0 Å². The van der Waals surface area contributed by atoms with Crippen LogP contribution in [0.25, 0.3) is 0 Å². The molecule has 6 heteroatoms. The van der Waals surface area contributed by atoms with Gasteiger partial charge in [0.1, 0.15) is 5.82 Å². The molecule has 3 nitrogen and oxygen atoms in total. The van der Waals surface area contributed by atoms with Crippen LogP contribution >= 0.6 is 35.8 Å². The molecule has 2 rings (SSSR count). The number of nitrogens with zero attached hydrogens (tertiary/aromatic N) is 3. The molecule has 0 unspecified atom stereocenters. The van der Waals surface area contributed by atoms with Crippen molar-refractivity contribution in [3.8, 4) is 0 Å². The van der Waals surface area contributed by atoms with E-state index in [1.807, 2.05) is 56.3 Å². The summed E-state index contributed by atoms with van der Waals surface area (Å²) < 4.78 is 0. The fourth-order valence-corrected chi connectivity index (χ4v) is 2.76. The SMILES string of the molecule is Cc1cc(N(C)C)nc(SCc2ccccc2Cl)n1.Cl. The molecule has 1 heterocycles. The number of hydrogen-bond acceptors (Lipinski definition) is 4. The van der Waals surface area contributed by atoms with Crippen LogP contribution in [0.15, 0.2) is 35.5 Å². The summed E-state index contributed by atoms with van der Waals surface area (Å²) in [7, 11) is 3.95. The van der Waals surface area contributed by atoms with Crippen molar-refractivity contribution in [2.24, 2.45) is 0 Å². The molecule has 108 valence electrons. The smallest absolute Gasteiger partial charge is 0.190 e. The Hall–Kier alpha value is -0.970. The van der Waals surface area contributed by atoms with Crippen LogP contribution in [0, 0.1) is 6.92 Å². The van der Waals surface area contributed by atoms with E-state index in [1.165, 1.54) is 0 Å². The van der Waals surface area contributed by atoms with E-state index in [0.29, 0.717) is 0 Å². The van der Waals surface area contributed by atoms with Crippen LogP contribution in [-0.2, 0) is 5.75 Å². The number of benzene rings is 1. The summed E-state index contributed by atoms with van der Waals surface area (Å²) >= 11 is 7.74.